The van der Waals surface area contributed by atoms with E-state index in [2.05, 4.69) is 21.2 Å². The quantitative estimate of drug-likeness (QED) is 0.865. The van der Waals surface area contributed by atoms with Crippen molar-refractivity contribution in [1.82, 2.24) is 5.32 Å². The van der Waals surface area contributed by atoms with Gasteiger partial charge >= 0.3 is 0 Å². The number of methoxy groups -OCH3 is 1. The van der Waals surface area contributed by atoms with E-state index >= 15 is 0 Å². The molecule has 1 N–H and O–H groups in total. The Hall–Kier alpha value is -1.10. The second-order valence-electron chi connectivity index (χ2n) is 4.28. The summed E-state index contributed by atoms with van der Waals surface area (Å²) in [6.45, 7) is 0. The van der Waals surface area contributed by atoms with Crippen LogP contribution in [0.2, 0.25) is 5.02 Å². The maximum Gasteiger partial charge on any atom is 0.165 e. The molecule has 2 nitrogen and oxygen atoms in total. The Morgan fingerprint density at radius 2 is 2.00 bits per heavy atom. The number of hydrogen-bond donors (Lipinski definition) is 1. The molecule has 0 saturated heterocycles. The third-order valence-electron chi connectivity index (χ3n) is 3.07. The summed E-state index contributed by atoms with van der Waals surface area (Å²) in [4.78, 5) is 0. The Bertz CT molecular complexity index is 621. The van der Waals surface area contributed by atoms with Crippen LogP contribution in [0.25, 0.3) is 0 Å². The van der Waals surface area contributed by atoms with E-state index in [1.54, 1.807) is 6.07 Å². The van der Waals surface area contributed by atoms with Gasteiger partial charge in [0.15, 0.2) is 11.6 Å². The van der Waals surface area contributed by atoms with E-state index in [0.717, 1.165) is 15.6 Å². The minimum Gasteiger partial charge on any atom is -0.494 e. The van der Waals surface area contributed by atoms with Crippen LogP contribution in [0.5, 0.6) is 5.75 Å². The van der Waals surface area contributed by atoms with Crippen LogP contribution in [0.1, 0.15) is 17.2 Å². The molecular formula is C15H14BrClFNO. The van der Waals surface area contributed by atoms with Crippen LogP contribution in [0.3, 0.4) is 0 Å². The minimum absolute atomic E-state index is 0.184. The maximum atomic E-state index is 13.8. The fraction of sp³-hybridized carbons (Fsp3) is 0.200. The predicted octanol–water partition coefficient (Wildman–Crippen LogP) is 4.56. The Balaban J connectivity index is 2.44. The lowest BCUT2D eigenvalue weighted by Gasteiger charge is -2.19. The van der Waals surface area contributed by atoms with Gasteiger partial charge in [0.1, 0.15) is 0 Å². The first-order valence-corrected chi connectivity index (χ1v) is 7.19. The minimum atomic E-state index is -0.390. The van der Waals surface area contributed by atoms with Crippen molar-refractivity contribution >= 4 is 27.5 Å². The Morgan fingerprint density at radius 3 is 2.55 bits per heavy atom. The summed E-state index contributed by atoms with van der Waals surface area (Å²) in [6.07, 6.45) is 0. The van der Waals surface area contributed by atoms with Gasteiger partial charge in [-0.25, -0.2) is 4.39 Å². The first-order valence-electron chi connectivity index (χ1n) is 6.02. The molecule has 106 valence electrons. The maximum absolute atomic E-state index is 13.8. The summed E-state index contributed by atoms with van der Waals surface area (Å²) < 4.78 is 19.7. The standard InChI is InChI=1S/C15H14BrClFNO/c1-19-15(11-5-4-10(16)8-12(11)17)9-3-6-14(20-2)13(18)7-9/h3-8,15,19H,1-2H3. The van der Waals surface area contributed by atoms with Gasteiger partial charge in [0.25, 0.3) is 0 Å². The normalized spacial score (nSPS) is 12.2. The zero-order valence-corrected chi connectivity index (χ0v) is 13.4. The van der Waals surface area contributed by atoms with Crippen molar-refractivity contribution in [3.05, 3.63) is 62.8 Å². The van der Waals surface area contributed by atoms with E-state index in [1.807, 2.05) is 31.3 Å². The number of ether oxygens (including phenoxy) is 1. The Morgan fingerprint density at radius 1 is 1.25 bits per heavy atom. The number of benzene rings is 2. The molecule has 0 saturated carbocycles. The summed E-state index contributed by atoms with van der Waals surface area (Å²) >= 11 is 9.64. The average Bonchev–Trinajstić information content (AvgIpc) is 2.42. The van der Waals surface area contributed by atoms with Crippen LogP contribution < -0.4 is 10.1 Å². The molecule has 5 heteroatoms. The van der Waals surface area contributed by atoms with Crippen molar-refractivity contribution in [1.29, 1.82) is 0 Å². The van der Waals surface area contributed by atoms with Crippen molar-refractivity contribution in [2.45, 2.75) is 6.04 Å². The molecule has 1 atom stereocenters. The highest BCUT2D eigenvalue weighted by atomic mass is 79.9. The van der Waals surface area contributed by atoms with Gasteiger partial charge in [-0.1, -0.05) is 39.7 Å². The molecule has 0 aliphatic rings. The molecule has 0 aromatic heterocycles. The highest BCUT2D eigenvalue weighted by Crippen LogP contribution is 2.32. The summed E-state index contributed by atoms with van der Waals surface area (Å²) in [5.41, 5.74) is 1.68. The largest absolute Gasteiger partial charge is 0.494 e. The first kappa shape index (κ1) is 15.3. The third-order valence-corrected chi connectivity index (χ3v) is 3.89. The van der Waals surface area contributed by atoms with E-state index < -0.39 is 5.82 Å². The van der Waals surface area contributed by atoms with Gasteiger partial charge in [-0.05, 0) is 42.4 Å². The lowest BCUT2D eigenvalue weighted by atomic mass is 9.98. The van der Waals surface area contributed by atoms with Crippen LogP contribution >= 0.6 is 27.5 Å². The highest BCUT2D eigenvalue weighted by molar-refractivity contribution is 9.10. The molecule has 1 unspecified atom stereocenters. The number of hydrogen-bond acceptors (Lipinski definition) is 2. The number of halogens is 3. The zero-order chi connectivity index (χ0) is 14.7. The topological polar surface area (TPSA) is 21.3 Å². The lowest BCUT2D eigenvalue weighted by Crippen LogP contribution is -2.18. The van der Waals surface area contributed by atoms with Crippen LogP contribution in [-0.2, 0) is 0 Å². The average molecular weight is 359 g/mol. The van der Waals surface area contributed by atoms with E-state index in [4.69, 9.17) is 16.3 Å². The second kappa shape index (κ2) is 6.57. The van der Waals surface area contributed by atoms with Crippen LogP contribution in [0.15, 0.2) is 40.9 Å². The highest BCUT2D eigenvalue weighted by Gasteiger charge is 2.17. The van der Waals surface area contributed by atoms with Crippen molar-refractivity contribution in [3.8, 4) is 5.75 Å². The molecule has 0 bridgehead atoms. The monoisotopic (exact) mass is 357 g/mol. The van der Waals surface area contributed by atoms with Crippen molar-refractivity contribution in [2.75, 3.05) is 14.2 Å². The molecule has 0 amide bonds. The van der Waals surface area contributed by atoms with E-state index in [-0.39, 0.29) is 11.8 Å². The zero-order valence-electron chi connectivity index (χ0n) is 11.1. The predicted molar refractivity (Wildman–Crippen MR) is 83.0 cm³/mol. The molecule has 20 heavy (non-hydrogen) atoms. The van der Waals surface area contributed by atoms with Gasteiger partial charge in [0.05, 0.1) is 13.2 Å². The van der Waals surface area contributed by atoms with E-state index in [0.29, 0.717) is 5.02 Å². The summed E-state index contributed by atoms with van der Waals surface area (Å²) in [5, 5.41) is 3.77. The van der Waals surface area contributed by atoms with E-state index in [9.17, 15) is 4.39 Å². The molecule has 0 spiro atoms. The van der Waals surface area contributed by atoms with Gasteiger partial charge in [0.2, 0.25) is 0 Å². The van der Waals surface area contributed by atoms with Crippen molar-refractivity contribution in [3.63, 3.8) is 0 Å². The number of nitrogens with one attached hydrogen (secondary N) is 1. The van der Waals surface area contributed by atoms with Gasteiger partial charge < -0.3 is 10.1 Å². The Kier molecular flexibility index (Phi) is 5.02. The van der Waals surface area contributed by atoms with Crippen molar-refractivity contribution < 1.29 is 9.13 Å². The smallest absolute Gasteiger partial charge is 0.165 e. The molecule has 0 radical (unpaired) electrons. The van der Waals surface area contributed by atoms with Gasteiger partial charge in [-0.2, -0.15) is 0 Å². The fourth-order valence-corrected chi connectivity index (χ4v) is 2.88. The Labute approximate surface area is 131 Å². The molecule has 0 aliphatic heterocycles. The van der Waals surface area contributed by atoms with Crippen molar-refractivity contribution in [2.24, 2.45) is 0 Å². The molecule has 0 heterocycles. The number of rotatable bonds is 4. The van der Waals surface area contributed by atoms with Crippen LogP contribution in [0.4, 0.5) is 4.39 Å². The second-order valence-corrected chi connectivity index (χ2v) is 5.60. The van der Waals surface area contributed by atoms with Gasteiger partial charge in [-0.3, -0.25) is 0 Å². The molecule has 2 aromatic carbocycles. The SMILES string of the molecule is CNC(c1ccc(OC)c(F)c1)c1ccc(Br)cc1Cl. The van der Waals surface area contributed by atoms with Gasteiger partial charge in [0, 0.05) is 9.50 Å². The van der Waals surface area contributed by atoms with Gasteiger partial charge in [-0.15, -0.1) is 0 Å². The first-order chi connectivity index (χ1) is 9.56. The molecule has 0 fully saturated rings. The molecule has 2 rings (SSSR count). The van der Waals surface area contributed by atoms with E-state index in [1.165, 1.54) is 13.2 Å². The summed E-state index contributed by atoms with van der Waals surface area (Å²) in [6, 6.07) is 10.3. The molecule has 2 aromatic rings. The summed E-state index contributed by atoms with van der Waals surface area (Å²) in [7, 11) is 3.25. The molecule has 0 aliphatic carbocycles. The fourth-order valence-electron chi connectivity index (χ4n) is 2.10. The third kappa shape index (κ3) is 3.14. The lowest BCUT2D eigenvalue weighted by molar-refractivity contribution is 0.386. The molecular weight excluding hydrogens is 345 g/mol. The summed E-state index contributed by atoms with van der Waals surface area (Å²) in [5.74, 6) is -0.163. The van der Waals surface area contributed by atoms with Crippen LogP contribution in [-0.4, -0.2) is 14.2 Å². The van der Waals surface area contributed by atoms with Crippen LogP contribution in [0, 0.1) is 5.82 Å².